The van der Waals surface area contributed by atoms with Gasteiger partial charge in [0.25, 0.3) is 5.91 Å². The van der Waals surface area contributed by atoms with Crippen molar-refractivity contribution in [1.82, 2.24) is 4.90 Å². The SMILES string of the molecule is CN1CCN(c2ccc(/C=C3\C(=O)N(c4ccccc4)N=C3C3CC3)cc2)CC1. The Morgan fingerprint density at radius 3 is 2.24 bits per heavy atom. The number of nitrogens with zero attached hydrogens (tertiary/aromatic N) is 4. The van der Waals surface area contributed by atoms with Crippen LogP contribution in [0, 0.1) is 5.92 Å². The van der Waals surface area contributed by atoms with Crippen LogP contribution in [0.3, 0.4) is 0 Å². The summed E-state index contributed by atoms with van der Waals surface area (Å²) in [5.74, 6) is 0.393. The molecule has 3 aliphatic rings. The molecule has 2 fully saturated rings. The zero-order valence-electron chi connectivity index (χ0n) is 16.8. The lowest BCUT2D eigenvalue weighted by Gasteiger charge is -2.34. The second-order valence-corrected chi connectivity index (χ2v) is 8.15. The van der Waals surface area contributed by atoms with Crippen molar-refractivity contribution < 1.29 is 4.79 Å². The summed E-state index contributed by atoms with van der Waals surface area (Å²) in [4.78, 5) is 17.9. The number of para-hydroxylation sites is 1. The molecule has 0 spiro atoms. The molecule has 0 unspecified atom stereocenters. The summed E-state index contributed by atoms with van der Waals surface area (Å²) >= 11 is 0. The molecule has 2 aromatic rings. The fourth-order valence-corrected chi connectivity index (χ4v) is 3.98. The number of anilines is 2. The highest BCUT2D eigenvalue weighted by Crippen LogP contribution is 2.38. The number of likely N-dealkylation sites (N-methyl/N-ethyl adjacent to an activating group) is 1. The molecule has 5 nitrogen and oxygen atoms in total. The van der Waals surface area contributed by atoms with Crippen LogP contribution in [0.4, 0.5) is 11.4 Å². The normalized spacial score (nSPS) is 21.8. The van der Waals surface area contributed by atoms with Crippen molar-refractivity contribution in [2.45, 2.75) is 12.8 Å². The number of piperazine rings is 1. The van der Waals surface area contributed by atoms with Gasteiger partial charge < -0.3 is 9.80 Å². The summed E-state index contributed by atoms with van der Waals surface area (Å²) in [7, 11) is 2.17. The van der Waals surface area contributed by atoms with E-state index in [1.807, 2.05) is 36.4 Å². The van der Waals surface area contributed by atoms with Crippen molar-refractivity contribution in [2.24, 2.45) is 11.0 Å². The van der Waals surface area contributed by atoms with Gasteiger partial charge in [0.05, 0.1) is 17.0 Å². The lowest BCUT2D eigenvalue weighted by Crippen LogP contribution is -2.44. The minimum Gasteiger partial charge on any atom is -0.369 e. The zero-order valence-corrected chi connectivity index (χ0v) is 16.8. The van der Waals surface area contributed by atoms with E-state index in [1.165, 1.54) is 5.69 Å². The number of hydrazone groups is 1. The van der Waals surface area contributed by atoms with Gasteiger partial charge in [0.15, 0.2) is 0 Å². The maximum absolute atomic E-state index is 13.1. The van der Waals surface area contributed by atoms with E-state index in [1.54, 1.807) is 5.01 Å². The second kappa shape index (κ2) is 7.48. The summed E-state index contributed by atoms with van der Waals surface area (Å²) < 4.78 is 0. The summed E-state index contributed by atoms with van der Waals surface area (Å²) in [5.41, 5.74) is 4.81. The van der Waals surface area contributed by atoms with E-state index >= 15 is 0 Å². The van der Waals surface area contributed by atoms with Crippen molar-refractivity contribution in [1.29, 1.82) is 0 Å². The predicted octanol–water partition coefficient (Wildman–Crippen LogP) is 3.63. The number of benzene rings is 2. The maximum Gasteiger partial charge on any atom is 0.280 e. The fourth-order valence-electron chi connectivity index (χ4n) is 3.98. The molecule has 0 aromatic heterocycles. The average molecular weight is 386 g/mol. The van der Waals surface area contributed by atoms with Gasteiger partial charge >= 0.3 is 0 Å². The number of carbonyl (C=O) groups is 1. The Balaban J connectivity index is 1.39. The van der Waals surface area contributed by atoms with Gasteiger partial charge in [0, 0.05) is 37.8 Å². The molecule has 1 saturated heterocycles. The Hall–Kier alpha value is -2.92. The number of amides is 1. The van der Waals surface area contributed by atoms with Crippen molar-refractivity contribution >= 4 is 29.1 Å². The van der Waals surface area contributed by atoms with Crippen molar-refractivity contribution in [3.8, 4) is 0 Å². The maximum atomic E-state index is 13.1. The Labute approximate surface area is 171 Å². The van der Waals surface area contributed by atoms with Gasteiger partial charge in [-0.1, -0.05) is 30.3 Å². The first-order chi connectivity index (χ1) is 14.2. The molecule has 0 radical (unpaired) electrons. The van der Waals surface area contributed by atoms with E-state index in [4.69, 9.17) is 5.10 Å². The van der Waals surface area contributed by atoms with Crippen LogP contribution in [0.15, 0.2) is 65.3 Å². The first kappa shape index (κ1) is 18.1. The molecular formula is C24H26N4O. The van der Waals surface area contributed by atoms with Gasteiger partial charge in [-0.2, -0.15) is 10.1 Å². The van der Waals surface area contributed by atoms with Crippen LogP contribution < -0.4 is 9.91 Å². The highest BCUT2D eigenvalue weighted by atomic mass is 16.2. The molecule has 0 atom stereocenters. The van der Waals surface area contributed by atoms with Crippen LogP contribution in [0.25, 0.3) is 6.08 Å². The quantitative estimate of drug-likeness (QED) is 0.753. The lowest BCUT2D eigenvalue weighted by atomic mass is 10.0. The van der Waals surface area contributed by atoms with Crippen molar-refractivity contribution in [3.63, 3.8) is 0 Å². The van der Waals surface area contributed by atoms with Crippen molar-refractivity contribution in [2.75, 3.05) is 43.1 Å². The summed E-state index contributed by atoms with van der Waals surface area (Å²) in [6.07, 6.45) is 4.25. The van der Waals surface area contributed by atoms with Crippen LogP contribution in [-0.2, 0) is 4.79 Å². The second-order valence-electron chi connectivity index (χ2n) is 8.15. The third-order valence-electron chi connectivity index (χ3n) is 5.94. The molecule has 2 aromatic carbocycles. The van der Waals surface area contributed by atoms with Crippen LogP contribution >= 0.6 is 0 Å². The molecule has 1 saturated carbocycles. The minimum absolute atomic E-state index is 0.0266. The molecule has 148 valence electrons. The van der Waals surface area contributed by atoms with E-state index in [-0.39, 0.29) is 5.91 Å². The largest absolute Gasteiger partial charge is 0.369 e. The van der Waals surface area contributed by atoms with Crippen LogP contribution in [-0.4, -0.2) is 49.7 Å². The molecule has 29 heavy (non-hydrogen) atoms. The molecule has 1 amide bonds. The molecule has 5 rings (SSSR count). The third kappa shape index (κ3) is 3.70. The molecular weight excluding hydrogens is 360 g/mol. The smallest absolute Gasteiger partial charge is 0.280 e. The van der Waals surface area contributed by atoms with Crippen LogP contribution in [0.1, 0.15) is 18.4 Å². The summed E-state index contributed by atoms with van der Waals surface area (Å²) in [5, 5.41) is 6.25. The fraction of sp³-hybridized carbons (Fsp3) is 0.333. The molecule has 0 bridgehead atoms. The highest BCUT2D eigenvalue weighted by Gasteiger charge is 2.39. The van der Waals surface area contributed by atoms with Gasteiger partial charge in [-0.05, 0) is 55.8 Å². The average Bonchev–Trinajstić information content (AvgIpc) is 3.55. The Morgan fingerprint density at radius 1 is 0.897 bits per heavy atom. The van der Waals surface area contributed by atoms with E-state index in [9.17, 15) is 4.79 Å². The van der Waals surface area contributed by atoms with Gasteiger partial charge in [-0.25, -0.2) is 0 Å². The minimum atomic E-state index is -0.0266. The number of carbonyl (C=O) groups excluding carboxylic acids is 1. The van der Waals surface area contributed by atoms with Crippen LogP contribution in [0.5, 0.6) is 0 Å². The predicted molar refractivity (Wildman–Crippen MR) is 118 cm³/mol. The molecule has 2 aliphatic heterocycles. The van der Waals surface area contributed by atoms with E-state index in [0.717, 1.165) is 61.6 Å². The number of hydrogen-bond donors (Lipinski definition) is 0. The van der Waals surface area contributed by atoms with Gasteiger partial charge in [0.2, 0.25) is 0 Å². The van der Waals surface area contributed by atoms with Gasteiger partial charge in [-0.3, -0.25) is 4.79 Å². The molecule has 1 aliphatic carbocycles. The summed E-state index contributed by atoms with van der Waals surface area (Å²) in [6, 6.07) is 18.3. The Morgan fingerprint density at radius 2 is 1.59 bits per heavy atom. The highest BCUT2D eigenvalue weighted by molar-refractivity contribution is 6.33. The number of hydrogen-bond acceptors (Lipinski definition) is 4. The van der Waals surface area contributed by atoms with E-state index in [0.29, 0.717) is 5.92 Å². The first-order valence-corrected chi connectivity index (χ1v) is 10.4. The Kier molecular flexibility index (Phi) is 4.68. The van der Waals surface area contributed by atoms with E-state index in [2.05, 4.69) is 41.1 Å². The topological polar surface area (TPSA) is 39.1 Å². The van der Waals surface area contributed by atoms with Crippen LogP contribution in [0.2, 0.25) is 0 Å². The van der Waals surface area contributed by atoms with E-state index < -0.39 is 0 Å². The standard InChI is InChI=1S/C24H26N4O/c1-26-13-15-27(16-14-26)20-11-7-18(8-12-20)17-22-23(19-9-10-19)25-28(24(22)29)21-5-3-2-4-6-21/h2-8,11-12,17,19H,9-10,13-16H2,1H3/b22-17-. The third-order valence-corrected chi connectivity index (χ3v) is 5.94. The van der Waals surface area contributed by atoms with Gasteiger partial charge in [0.1, 0.15) is 0 Å². The monoisotopic (exact) mass is 386 g/mol. The molecule has 5 heteroatoms. The lowest BCUT2D eigenvalue weighted by molar-refractivity contribution is -0.114. The number of rotatable bonds is 4. The van der Waals surface area contributed by atoms with Gasteiger partial charge in [-0.15, -0.1) is 0 Å². The molecule has 0 N–H and O–H groups in total. The summed E-state index contributed by atoms with van der Waals surface area (Å²) in [6.45, 7) is 4.30. The van der Waals surface area contributed by atoms with Crippen molar-refractivity contribution in [3.05, 3.63) is 65.7 Å². The molecule has 2 heterocycles. The zero-order chi connectivity index (χ0) is 19.8. The Bertz CT molecular complexity index is 952. The first-order valence-electron chi connectivity index (χ1n) is 10.4.